The highest BCUT2D eigenvalue weighted by atomic mass is 16.6. The predicted octanol–water partition coefficient (Wildman–Crippen LogP) is 1.83. The van der Waals surface area contributed by atoms with E-state index in [2.05, 4.69) is 5.32 Å². The van der Waals surface area contributed by atoms with Crippen molar-refractivity contribution in [3.05, 3.63) is 23.8 Å². The summed E-state index contributed by atoms with van der Waals surface area (Å²) < 4.78 is 10.8. The van der Waals surface area contributed by atoms with Crippen LogP contribution in [0.3, 0.4) is 0 Å². The minimum absolute atomic E-state index is 0.00835. The third kappa shape index (κ3) is 4.11. The fraction of sp³-hybridized carbons (Fsp3) is 0.467. The van der Waals surface area contributed by atoms with Crippen LogP contribution in [0.1, 0.15) is 37.0 Å². The number of aliphatic carboxylic acids is 1. The number of nitrogens with one attached hydrogen (secondary N) is 1. The quantitative estimate of drug-likeness (QED) is 0.865. The molecule has 1 aliphatic heterocycles. The Hall–Kier alpha value is -2.24. The molecule has 1 heterocycles. The molecule has 1 aliphatic rings. The predicted molar refractivity (Wildman–Crippen MR) is 75.8 cm³/mol. The number of carboxylic acid groups (broad SMARTS) is 1. The second kappa shape index (κ2) is 6.03. The Morgan fingerprint density at radius 1 is 1.24 bits per heavy atom. The highest BCUT2D eigenvalue weighted by Crippen LogP contribution is 2.30. The second-order valence-electron chi connectivity index (χ2n) is 5.59. The lowest BCUT2D eigenvalue weighted by Crippen LogP contribution is -2.43. The van der Waals surface area contributed by atoms with Crippen LogP contribution < -0.4 is 14.8 Å². The van der Waals surface area contributed by atoms with E-state index >= 15 is 0 Å². The van der Waals surface area contributed by atoms with E-state index in [1.807, 2.05) is 0 Å². The zero-order valence-corrected chi connectivity index (χ0v) is 12.1. The molecule has 1 amide bonds. The lowest BCUT2D eigenvalue weighted by atomic mass is 9.97. The molecule has 6 heteroatoms. The van der Waals surface area contributed by atoms with Crippen molar-refractivity contribution in [2.45, 2.75) is 32.2 Å². The van der Waals surface area contributed by atoms with Gasteiger partial charge in [-0.3, -0.25) is 9.59 Å². The Labute approximate surface area is 123 Å². The van der Waals surface area contributed by atoms with E-state index in [1.165, 1.54) is 0 Å². The van der Waals surface area contributed by atoms with Gasteiger partial charge in [-0.25, -0.2) is 0 Å². The van der Waals surface area contributed by atoms with Crippen molar-refractivity contribution >= 4 is 11.9 Å². The highest BCUT2D eigenvalue weighted by Gasteiger charge is 2.23. The van der Waals surface area contributed by atoms with Gasteiger partial charge in [-0.1, -0.05) is 0 Å². The molecule has 0 fully saturated rings. The van der Waals surface area contributed by atoms with Crippen LogP contribution in [0.4, 0.5) is 0 Å². The van der Waals surface area contributed by atoms with Crippen LogP contribution in [0.15, 0.2) is 18.2 Å². The molecule has 0 aromatic heterocycles. The van der Waals surface area contributed by atoms with Gasteiger partial charge in [0.05, 0.1) is 0 Å². The molecule has 0 bridgehead atoms. The molecule has 0 radical (unpaired) electrons. The number of hydrogen-bond donors (Lipinski definition) is 2. The van der Waals surface area contributed by atoms with Crippen LogP contribution in [0.2, 0.25) is 0 Å². The largest absolute Gasteiger partial charge is 0.486 e. The summed E-state index contributed by atoms with van der Waals surface area (Å²) in [5.74, 6) is 0.0409. The lowest BCUT2D eigenvalue weighted by molar-refractivity contribution is -0.137. The first-order valence-corrected chi connectivity index (χ1v) is 6.81. The number of carbonyl (C=O) groups is 2. The Bertz CT molecular complexity index is 553. The Balaban J connectivity index is 2.04. The molecule has 0 spiro atoms. The minimum atomic E-state index is -0.878. The lowest BCUT2D eigenvalue weighted by Gasteiger charge is -2.26. The van der Waals surface area contributed by atoms with Crippen molar-refractivity contribution in [3.63, 3.8) is 0 Å². The molecule has 1 aromatic carbocycles. The molecular formula is C15H19NO5. The van der Waals surface area contributed by atoms with Crippen molar-refractivity contribution < 1.29 is 24.2 Å². The van der Waals surface area contributed by atoms with Gasteiger partial charge in [0.25, 0.3) is 5.91 Å². The monoisotopic (exact) mass is 293 g/mol. The fourth-order valence-electron chi connectivity index (χ4n) is 2.05. The van der Waals surface area contributed by atoms with Crippen molar-refractivity contribution in [1.29, 1.82) is 0 Å². The molecule has 0 aliphatic carbocycles. The summed E-state index contributed by atoms with van der Waals surface area (Å²) in [7, 11) is 0. The number of hydrogen-bond acceptors (Lipinski definition) is 4. The summed E-state index contributed by atoms with van der Waals surface area (Å²) in [5.41, 5.74) is -0.134. The molecule has 0 saturated carbocycles. The summed E-state index contributed by atoms with van der Waals surface area (Å²) in [6.45, 7) is 4.56. The van der Waals surface area contributed by atoms with Gasteiger partial charge in [0.2, 0.25) is 0 Å². The van der Waals surface area contributed by atoms with Gasteiger partial charge in [0.1, 0.15) is 13.2 Å². The van der Waals surface area contributed by atoms with Gasteiger partial charge in [0, 0.05) is 17.5 Å². The van der Waals surface area contributed by atoms with Gasteiger partial charge in [0.15, 0.2) is 11.5 Å². The van der Waals surface area contributed by atoms with Gasteiger partial charge in [-0.2, -0.15) is 0 Å². The minimum Gasteiger partial charge on any atom is -0.486 e. The summed E-state index contributed by atoms with van der Waals surface area (Å²) in [5, 5.41) is 11.6. The fourth-order valence-corrected chi connectivity index (χ4v) is 2.05. The van der Waals surface area contributed by atoms with E-state index in [1.54, 1.807) is 32.0 Å². The maximum Gasteiger partial charge on any atom is 0.303 e. The van der Waals surface area contributed by atoms with Gasteiger partial charge >= 0.3 is 5.97 Å². The zero-order chi connectivity index (χ0) is 15.5. The molecule has 114 valence electrons. The molecule has 6 nitrogen and oxygen atoms in total. The number of ether oxygens (including phenoxy) is 2. The van der Waals surface area contributed by atoms with Crippen LogP contribution in [0, 0.1) is 0 Å². The van der Waals surface area contributed by atoms with E-state index in [0.717, 1.165) is 0 Å². The Morgan fingerprint density at radius 3 is 2.57 bits per heavy atom. The van der Waals surface area contributed by atoms with Crippen LogP contribution in [0.5, 0.6) is 11.5 Å². The van der Waals surface area contributed by atoms with E-state index in [0.29, 0.717) is 36.7 Å². The highest BCUT2D eigenvalue weighted by molar-refractivity contribution is 5.95. The third-order valence-electron chi connectivity index (χ3n) is 3.22. The zero-order valence-electron chi connectivity index (χ0n) is 12.1. The van der Waals surface area contributed by atoms with Crippen molar-refractivity contribution in [2.24, 2.45) is 0 Å². The average molecular weight is 293 g/mol. The van der Waals surface area contributed by atoms with E-state index < -0.39 is 11.5 Å². The summed E-state index contributed by atoms with van der Waals surface area (Å²) in [6, 6.07) is 5.00. The summed E-state index contributed by atoms with van der Waals surface area (Å²) in [6.07, 6.45) is 0.368. The molecule has 1 aromatic rings. The molecule has 0 unspecified atom stereocenters. The van der Waals surface area contributed by atoms with Gasteiger partial charge in [-0.15, -0.1) is 0 Å². The van der Waals surface area contributed by atoms with Crippen LogP contribution >= 0.6 is 0 Å². The maximum absolute atomic E-state index is 12.2. The summed E-state index contributed by atoms with van der Waals surface area (Å²) >= 11 is 0. The number of amides is 1. The molecule has 0 atom stereocenters. The first-order chi connectivity index (χ1) is 9.87. The van der Waals surface area contributed by atoms with Gasteiger partial charge in [-0.05, 0) is 38.5 Å². The average Bonchev–Trinajstić information content (AvgIpc) is 2.44. The first kappa shape index (κ1) is 15.2. The maximum atomic E-state index is 12.2. The number of benzene rings is 1. The number of carbonyl (C=O) groups excluding carboxylic acids is 1. The Morgan fingerprint density at radius 2 is 1.90 bits per heavy atom. The number of rotatable bonds is 5. The number of carboxylic acids is 1. The molecule has 2 N–H and O–H groups in total. The third-order valence-corrected chi connectivity index (χ3v) is 3.22. The van der Waals surface area contributed by atoms with Crippen LogP contribution in [-0.2, 0) is 4.79 Å². The Kier molecular flexibility index (Phi) is 4.35. The van der Waals surface area contributed by atoms with Crippen molar-refractivity contribution in [2.75, 3.05) is 13.2 Å². The smallest absolute Gasteiger partial charge is 0.303 e. The molecule has 21 heavy (non-hydrogen) atoms. The molecule has 2 rings (SSSR count). The standard InChI is InChI=1S/C15H19NO5/c1-15(2,6-5-13(17)18)16-14(19)10-3-4-11-12(9-10)21-8-7-20-11/h3-4,9H,5-8H2,1-2H3,(H,16,19)(H,17,18). The van der Waals surface area contributed by atoms with E-state index in [-0.39, 0.29) is 12.3 Å². The number of fused-ring (bicyclic) bond motifs is 1. The van der Waals surface area contributed by atoms with Crippen molar-refractivity contribution in [1.82, 2.24) is 5.32 Å². The summed E-state index contributed by atoms with van der Waals surface area (Å²) in [4.78, 5) is 22.9. The van der Waals surface area contributed by atoms with E-state index in [9.17, 15) is 9.59 Å². The normalized spacial score (nSPS) is 13.6. The molecular weight excluding hydrogens is 274 g/mol. The molecule has 0 saturated heterocycles. The topological polar surface area (TPSA) is 84.9 Å². The first-order valence-electron chi connectivity index (χ1n) is 6.81. The van der Waals surface area contributed by atoms with Crippen molar-refractivity contribution in [3.8, 4) is 11.5 Å². The van der Waals surface area contributed by atoms with E-state index in [4.69, 9.17) is 14.6 Å². The van der Waals surface area contributed by atoms with Crippen LogP contribution in [0.25, 0.3) is 0 Å². The van der Waals surface area contributed by atoms with Gasteiger partial charge < -0.3 is 19.9 Å². The SMILES string of the molecule is CC(C)(CCC(=O)O)NC(=O)c1ccc2c(c1)OCCO2. The van der Waals surface area contributed by atoms with Crippen LogP contribution in [-0.4, -0.2) is 35.7 Å². The second-order valence-corrected chi connectivity index (χ2v) is 5.59.